The van der Waals surface area contributed by atoms with Crippen molar-refractivity contribution < 1.29 is 5.21 Å². The molecule has 8 nitrogen and oxygen atoms in total. The van der Waals surface area contributed by atoms with Crippen LogP contribution in [-0.2, 0) is 0 Å². The summed E-state index contributed by atoms with van der Waals surface area (Å²) in [7, 11) is 0. The number of rotatable bonds is 9. The van der Waals surface area contributed by atoms with E-state index in [0.29, 0.717) is 24.5 Å². The Hall–Kier alpha value is -1.70. The van der Waals surface area contributed by atoms with E-state index >= 15 is 0 Å². The van der Waals surface area contributed by atoms with Crippen LogP contribution in [0.15, 0.2) is 15.6 Å². The molecule has 122 valence electrons. The molecule has 0 aliphatic heterocycles. The van der Waals surface area contributed by atoms with Gasteiger partial charge in [0.2, 0.25) is 0 Å². The molecule has 0 aromatic carbocycles. The monoisotopic (exact) mass is 300 g/mol. The largest absolute Gasteiger partial charge is 0.792 e. The lowest BCUT2D eigenvalue weighted by Gasteiger charge is -2.33. The van der Waals surface area contributed by atoms with Gasteiger partial charge in [0.1, 0.15) is 0 Å². The average molecular weight is 300 g/mol. The SMILES string of the molecule is C/C(=N\O)[C@@H](C)N(CC(C)(C)CN[C@H](C)/C(C)=N/[O-])N=O. The van der Waals surface area contributed by atoms with Gasteiger partial charge in [-0.2, -0.15) is 0 Å². The lowest BCUT2D eigenvalue weighted by molar-refractivity contribution is 0.160. The van der Waals surface area contributed by atoms with E-state index in [1.54, 1.807) is 20.8 Å². The summed E-state index contributed by atoms with van der Waals surface area (Å²) in [5.41, 5.74) is 0.629. The summed E-state index contributed by atoms with van der Waals surface area (Å²) in [6, 6.07) is -0.508. The lowest BCUT2D eigenvalue weighted by atomic mass is 9.92. The minimum absolute atomic E-state index is 0.127. The molecular formula is C13H26N5O3-. The molecule has 0 aromatic rings. The topological polar surface area (TPSA) is 113 Å². The van der Waals surface area contributed by atoms with Crippen LogP contribution in [0.2, 0.25) is 0 Å². The molecule has 0 unspecified atom stereocenters. The van der Waals surface area contributed by atoms with Gasteiger partial charge >= 0.3 is 0 Å². The van der Waals surface area contributed by atoms with Crippen LogP contribution in [0.25, 0.3) is 0 Å². The zero-order chi connectivity index (χ0) is 16.6. The van der Waals surface area contributed by atoms with Gasteiger partial charge in [-0.15, -0.1) is 4.91 Å². The Morgan fingerprint density at radius 1 is 1.33 bits per heavy atom. The van der Waals surface area contributed by atoms with E-state index in [2.05, 4.69) is 20.9 Å². The minimum Gasteiger partial charge on any atom is -0.792 e. The number of nitroso groups, excluding NO2 is 1. The van der Waals surface area contributed by atoms with Crippen molar-refractivity contribution in [1.29, 1.82) is 0 Å². The molecule has 8 heteroatoms. The zero-order valence-electron chi connectivity index (χ0n) is 13.6. The predicted octanol–water partition coefficient (Wildman–Crippen LogP) is 2.17. The number of hydrogen-bond donors (Lipinski definition) is 2. The Kier molecular flexibility index (Phi) is 7.86. The average Bonchev–Trinajstić information content (AvgIpc) is 2.47. The number of nitrogens with zero attached hydrogens (tertiary/aromatic N) is 4. The van der Waals surface area contributed by atoms with Gasteiger partial charge in [0.25, 0.3) is 0 Å². The van der Waals surface area contributed by atoms with E-state index in [1.165, 1.54) is 5.01 Å². The van der Waals surface area contributed by atoms with Crippen molar-refractivity contribution in [3.05, 3.63) is 10.1 Å². The van der Waals surface area contributed by atoms with Crippen LogP contribution in [-0.4, -0.2) is 46.8 Å². The molecule has 0 aliphatic carbocycles. The molecule has 0 aromatic heterocycles. The van der Waals surface area contributed by atoms with Crippen molar-refractivity contribution in [2.24, 2.45) is 21.0 Å². The normalized spacial score (nSPS) is 16.5. The fourth-order valence-electron chi connectivity index (χ4n) is 1.69. The van der Waals surface area contributed by atoms with Gasteiger partial charge in [-0.05, 0) is 33.1 Å². The second-order valence-electron chi connectivity index (χ2n) is 6.10. The third kappa shape index (κ3) is 6.52. The number of hydrogen-bond acceptors (Lipinski definition) is 7. The second-order valence-corrected chi connectivity index (χ2v) is 6.10. The first kappa shape index (κ1) is 19.3. The quantitative estimate of drug-likeness (QED) is 0.293. The molecule has 0 spiro atoms. The molecule has 0 rings (SSSR count). The molecule has 0 fully saturated rings. The zero-order valence-corrected chi connectivity index (χ0v) is 13.6. The van der Waals surface area contributed by atoms with Crippen molar-refractivity contribution in [2.45, 2.75) is 53.6 Å². The molecule has 0 amide bonds. The maximum absolute atomic E-state index is 11.0. The van der Waals surface area contributed by atoms with Gasteiger partial charge < -0.3 is 20.9 Å². The van der Waals surface area contributed by atoms with Crippen molar-refractivity contribution in [3.63, 3.8) is 0 Å². The molecule has 0 heterocycles. The maximum atomic E-state index is 11.0. The third-order valence-electron chi connectivity index (χ3n) is 3.56. The Balaban J connectivity index is 4.66. The van der Waals surface area contributed by atoms with E-state index in [4.69, 9.17) is 5.21 Å². The summed E-state index contributed by atoms with van der Waals surface area (Å²) >= 11 is 0. The van der Waals surface area contributed by atoms with Gasteiger partial charge in [0.05, 0.1) is 17.0 Å². The Labute approximate surface area is 125 Å². The van der Waals surface area contributed by atoms with Gasteiger partial charge in [-0.3, -0.25) is 5.01 Å². The maximum Gasteiger partial charge on any atom is 0.0885 e. The predicted molar refractivity (Wildman–Crippen MR) is 84.6 cm³/mol. The van der Waals surface area contributed by atoms with Crippen LogP contribution >= 0.6 is 0 Å². The summed E-state index contributed by atoms with van der Waals surface area (Å²) in [6.07, 6.45) is 0. The first-order valence-corrected chi connectivity index (χ1v) is 6.87. The van der Waals surface area contributed by atoms with E-state index < -0.39 is 0 Å². The Bertz CT molecular complexity index is 395. The molecule has 0 saturated heterocycles. The molecule has 0 radical (unpaired) electrons. The van der Waals surface area contributed by atoms with Crippen LogP contribution in [0, 0.1) is 15.5 Å². The summed E-state index contributed by atoms with van der Waals surface area (Å²) in [6.45, 7) is 11.8. The highest BCUT2D eigenvalue weighted by molar-refractivity contribution is 5.87. The van der Waals surface area contributed by atoms with E-state index in [0.717, 1.165) is 0 Å². The summed E-state index contributed by atoms with van der Waals surface area (Å²) in [4.78, 5) is 11.0. The lowest BCUT2D eigenvalue weighted by Crippen LogP contribution is -2.46. The van der Waals surface area contributed by atoms with Gasteiger partial charge in [0.15, 0.2) is 0 Å². The summed E-state index contributed by atoms with van der Waals surface area (Å²) < 4.78 is 0. The number of oxime groups is 1. The van der Waals surface area contributed by atoms with E-state index in [1.807, 2.05) is 20.8 Å². The number of nitrogens with one attached hydrogen (secondary N) is 1. The fourth-order valence-corrected chi connectivity index (χ4v) is 1.69. The standard InChI is InChI=1S/C13H27N5O3/c1-9(10(2)15-19)14-7-13(5,6)8-18(17-21)12(4)11(3)16-20/h9,12,14,19-20H,7-8H2,1-6H3/p-1/b15-10+,16-11+/t9-,12-/m1/s1. The van der Waals surface area contributed by atoms with Crippen LogP contribution in [0.4, 0.5) is 0 Å². The van der Waals surface area contributed by atoms with E-state index in [-0.39, 0.29) is 17.5 Å². The van der Waals surface area contributed by atoms with Crippen molar-refractivity contribution in [3.8, 4) is 0 Å². The highest BCUT2D eigenvalue weighted by Gasteiger charge is 2.27. The molecular weight excluding hydrogens is 274 g/mol. The molecule has 21 heavy (non-hydrogen) atoms. The van der Waals surface area contributed by atoms with Crippen molar-refractivity contribution in [2.75, 3.05) is 13.1 Å². The van der Waals surface area contributed by atoms with Gasteiger partial charge in [-0.1, -0.05) is 19.0 Å². The van der Waals surface area contributed by atoms with Crippen LogP contribution in [0.5, 0.6) is 0 Å². The highest BCUT2D eigenvalue weighted by Crippen LogP contribution is 2.18. The van der Waals surface area contributed by atoms with Gasteiger partial charge in [0, 0.05) is 24.8 Å². The third-order valence-corrected chi connectivity index (χ3v) is 3.56. The first-order valence-electron chi connectivity index (χ1n) is 6.87. The van der Waals surface area contributed by atoms with Gasteiger partial charge in [-0.25, -0.2) is 0 Å². The Morgan fingerprint density at radius 2 is 1.90 bits per heavy atom. The van der Waals surface area contributed by atoms with Crippen LogP contribution < -0.4 is 5.32 Å². The first-order chi connectivity index (χ1) is 9.68. The smallest absolute Gasteiger partial charge is 0.0885 e. The molecule has 2 atom stereocenters. The van der Waals surface area contributed by atoms with Crippen LogP contribution in [0.1, 0.15) is 41.5 Å². The fraction of sp³-hybridized carbons (Fsp3) is 0.846. The second kappa shape index (κ2) is 8.56. The minimum atomic E-state index is -0.380. The van der Waals surface area contributed by atoms with Crippen LogP contribution in [0.3, 0.4) is 0 Å². The van der Waals surface area contributed by atoms with Crippen molar-refractivity contribution >= 4 is 11.4 Å². The summed E-state index contributed by atoms with van der Waals surface area (Å²) in [5, 5.41) is 32.8. The van der Waals surface area contributed by atoms with Crippen molar-refractivity contribution in [1.82, 2.24) is 10.3 Å². The molecule has 2 N–H and O–H groups in total. The van der Waals surface area contributed by atoms with E-state index in [9.17, 15) is 10.1 Å². The molecule has 0 bridgehead atoms. The molecule has 0 aliphatic rings. The molecule has 0 saturated carbocycles. The summed E-state index contributed by atoms with van der Waals surface area (Å²) in [5.74, 6) is 0. The highest BCUT2D eigenvalue weighted by atomic mass is 16.4. The Morgan fingerprint density at radius 3 is 2.33 bits per heavy atom.